The zero-order valence-corrected chi connectivity index (χ0v) is 29.5. The van der Waals surface area contributed by atoms with Crippen LogP contribution in [0.2, 0.25) is 5.04 Å². The van der Waals surface area contributed by atoms with Crippen molar-refractivity contribution in [2.45, 2.75) is 116 Å². The number of benzene rings is 3. The molecule has 6 heteroatoms. The van der Waals surface area contributed by atoms with Crippen molar-refractivity contribution in [1.82, 2.24) is 0 Å². The van der Waals surface area contributed by atoms with Crippen LogP contribution in [0, 0.1) is 0 Å². The molecular formula is C40H54O5Si. The first kappa shape index (κ1) is 37.0. The molecular weight excluding hydrogens is 589 g/mol. The van der Waals surface area contributed by atoms with Gasteiger partial charge in [0.2, 0.25) is 0 Å². The van der Waals surface area contributed by atoms with Crippen molar-refractivity contribution < 1.29 is 23.9 Å². The number of unbranched alkanes of at least 4 members (excludes halogenated alkanes) is 5. The summed E-state index contributed by atoms with van der Waals surface area (Å²) in [5, 5.41) is 11.5. The van der Waals surface area contributed by atoms with Crippen LogP contribution in [0.25, 0.3) is 6.08 Å². The molecule has 0 aromatic heterocycles. The van der Waals surface area contributed by atoms with E-state index in [1.54, 1.807) is 0 Å². The molecule has 0 saturated heterocycles. The van der Waals surface area contributed by atoms with E-state index < -0.39 is 20.4 Å². The number of hydrogen-bond acceptors (Lipinski definition) is 4. The minimum atomic E-state index is -2.76. The number of carboxylic acids is 1. The Bertz CT molecular complexity index is 1320. The number of aliphatic carboxylic acids is 1. The Hall–Kier alpha value is -3.48. The number of esters is 1. The highest BCUT2D eigenvalue weighted by molar-refractivity contribution is 6.99. The minimum Gasteiger partial charge on any atom is -0.481 e. The summed E-state index contributed by atoms with van der Waals surface area (Å²) >= 11 is 0. The zero-order chi connectivity index (χ0) is 33.4. The van der Waals surface area contributed by atoms with Crippen molar-refractivity contribution in [3.05, 3.63) is 102 Å². The van der Waals surface area contributed by atoms with E-state index >= 15 is 0 Å². The third kappa shape index (κ3) is 11.1. The molecule has 0 aliphatic carbocycles. The lowest BCUT2D eigenvalue weighted by Gasteiger charge is -2.45. The number of carbonyl (C=O) groups is 2. The predicted octanol–water partition coefficient (Wildman–Crippen LogP) is 9.25. The van der Waals surface area contributed by atoms with Crippen LogP contribution in [0.15, 0.2) is 91.0 Å². The highest BCUT2D eigenvalue weighted by Gasteiger charge is 2.51. The standard InChI is InChI=1S/C40H54O5Si/c1-6-7-8-9-10-13-22-35(30-29-33-20-18-21-34(31-33)38(44-32(2)41)27-19-28-39(42)43)45-46(40(3,4)5,36-23-14-11-15-24-36)37-25-16-12-17-26-37/h11-12,14-18,20-21,23-26,29-31,35,38H,6-10,13,19,22,27-28H2,1-5H3,(H,42,43)/b30-29+. The molecule has 3 rings (SSSR count). The second kappa shape index (κ2) is 18.6. The Labute approximate surface area is 278 Å². The van der Waals surface area contributed by atoms with Crippen molar-refractivity contribution >= 4 is 36.7 Å². The second-order valence-electron chi connectivity index (χ2n) is 13.3. The molecule has 5 nitrogen and oxygen atoms in total. The Balaban J connectivity index is 1.98. The lowest BCUT2D eigenvalue weighted by molar-refractivity contribution is -0.147. The van der Waals surface area contributed by atoms with Crippen LogP contribution in [0.1, 0.15) is 116 Å². The minimum absolute atomic E-state index is 0.0388. The van der Waals surface area contributed by atoms with Gasteiger partial charge in [-0.2, -0.15) is 0 Å². The van der Waals surface area contributed by atoms with E-state index in [0.29, 0.717) is 12.8 Å². The normalized spacial score (nSPS) is 13.4. The number of carboxylic acid groups (broad SMARTS) is 1. The molecule has 0 bridgehead atoms. The molecule has 3 aromatic rings. The quantitative estimate of drug-likeness (QED) is 0.0802. The van der Waals surface area contributed by atoms with Crippen molar-refractivity contribution in [1.29, 1.82) is 0 Å². The van der Waals surface area contributed by atoms with Crippen molar-refractivity contribution in [2.75, 3.05) is 0 Å². The molecule has 248 valence electrons. The molecule has 1 N–H and O–H groups in total. The molecule has 0 heterocycles. The van der Waals surface area contributed by atoms with E-state index in [9.17, 15) is 9.59 Å². The lowest BCUT2D eigenvalue weighted by Crippen LogP contribution is -2.67. The molecule has 0 spiro atoms. The van der Waals surface area contributed by atoms with Gasteiger partial charge in [-0.1, -0.05) is 157 Å². The van der Waals surface area contributed by atoms with Gasteiger partial charge in [-0.3, -0.25) is 9.59 Å². The fourth-order valence-corrected chi connectivity index (χ4v) is 10.9. The summed E-state index contributed by atoms with van der Waals surface area (Å²) in [6.07, 6.45) is 12.9. The average Bonchev–Trinajstić information content (AvgIpc) is 3.03. The molecule has 0 aliphatic heterocycles. The van der Waals surface area contributed by atoms with Gasteiger partial charge in [-0.15, -0.1) is 0 Å². The Kier molecular flexibility index (Phi) is 15.0. The predicted molar refractivity (Wildman–Crippen MR) is 192 cm³/mol. The van der Waals surface area contributed by atoms with Crippen LogP contribution in [0.3, 0.4) is 0 Å². The number of ether oxygens (including phenoxy) is 1. The maximum atomic E-state index is 11.9. The van der Waals surface area contributed by atoms with Crippen LogP contribution < -0.4 is 10.4 Å². The lowest BCUT2D eigenvalue weighted by atomic mass is 10.0. The molecule has 2 atom stereocenters. The maximum Gasteiger partial charge on any atom is 0.303 e. The van der Waals surface area contributed by atoms with Crippen molar-refractivity contribution in [2.24, 2.45) is 0 Å². The topological polar surface area (TPSA) is 72.8 Å². The molecule has 0 aliphatic rings. The van der Waals surface area contributed by atoms with E-state index in [0.717, 1.165) is 24.0 Å². The molecule has 3 aromatic carbocycles. The van der Waals surface area contributed by atoms with Crippen LogP contribution in [-0.2, 0) is 18.8 Å². The van der Waals surface area contributed by atoms with Gasteiger partial charge in [0.05, 0.1) is 6.10 Å². The Morgan fingerprint density at radius 3 is 1.98 bits per heavy atom. The smallest absolute Gasteiger partial charge is 0.303 e. The number of carbonyl (C=O) groups excluding carboxylic acids is 1. The van der Waals surface area contributed by atoms with Crippen LogP contribution in [0.4, 0.5) is 0 Å². The summed E-state index contributed by atoms with van der Waals surface area (Å²) in [5.74, 6) is -1.23. The summed E-state index contributed by atoms with van der Waals surface area (Å²) in [7, 11) is -2.76. The highest BCUT2D eigenvalue weighted by atomic mass is 28.4. The van der Waals surface area contributed by atoms with Gasteiger partial charge in [0.25, 0.3) is 8.32 Å². The molecule has 46 heavy (non-hydrogen) atoms. The van der Waals surface area contributed by atoms with Crippen LogP contribution in [-0.4, -0.2) is 31.5 Å². The summed E-state index contributed by atoms with van der Waals surface area (Å²) in [6, 6.07) is 29.6. The average molecular weight is 643 g/mol. The summed E-state index contributed by atoms with van der Waals surface area (Å²) in [5.41, 5.74) is 1.86. The third-order valence-corrected chi connectivity index (χ3v) is 13.6. The SMILES string of the molecule is CCCCCCCCC(/C=C/c1cccc(C(CCCC(=O)O)OC(C)=O)c1)O[Si](c1ccccc1)(c1ccccc1)C(C)(C)C. The molecule has 0 amide bonds. The maximum absolute atomic E-state index is 11.9. The largest absolute Gasteiger partial charge is 0.481 e. The van der Waals surface area contributed by atoms with Gasteiger partial charge in [0.1, 0.15) is 6.10 Å². The van der Waals surface area contributed by atoms with Gasteiger partial charge < -0.3 is 14.3 Å². The molecule has 0 radical (unpaired) electrons. The van der Waals surface area contributed by atoms with Gasteiger partial charge >= 0.3 is 11.9 Å². The van der Waals surface area contributed by atoms with Crippen LogP contribution in [0.5, 0.6) is 0 Å². The molecule has 0 saturated carbocycles. The van der Waals surface area contributed by atoms with Crippen molar-refractivity contribution in [3.63, 3.8) is 0 Å². The summed E-state index contributed by atoms with van der Waals surface area (Å²) < 4.78 is 13.2. The Morgan fingerprint density at radius 1 is 0.804 bits per heavy atom. The summed E-state index contributed by atoms with van der Waals surface area (Å²) in [4.78, 5) is 23.0. The van der Waals surface area contributed by atoms with Gasteiger partial charge in [0, 0.05) is 13.3 Å². The fourth-order valence-electron chi connectivity index (χ4n) is 6.25. The van der Waals surface area contributed by atoms with Gasteiger partial charge in [-0.05, 0) is 51.9 Å². The third-order valence-electron chi connectivity index (χ3n) is 8.54. The van der Waals surface area contributed by atoms with E-state index in [1.165, 1.54) is 49.4 Å². The van der Waals surface area contributed by atoms with E-state index in [2.05, 4.69) is 101 Å². The van der Waals surface area contributed by atoms with E-state index in [-0.39, 0.29) is 23.5 Å². The van der Waals surface area contributed by atoms with E-state index in [1.807, 2.05) is 24.3 Å². The first-order valence-corrected chi connectivity index (χ1v) is 18.9. The monoisotopic (exact) mass is 642 g/mol. The Morgan fingerprint density at radius 2 is 1.41 bits per heavy atom. The van der Waals surface area contributed by atoms with E-state index in [4.69, 9.17) is 14.3 Å². The fraction of sp³-hybridized carbons (Fsp3) is 0.450. The first-order chi connectivity index (χ1) is 22.1. The second-order valence-corrected chi connectivity index (χ2v) is 17.5. The molecule has 2 unspecified atom stereocenters. The summed E-state index contributed by atoms with van der Waals surface area (Å²) in [6.45, 7) is 10.6. The zero-order valence-electron chi connectivity index (χ0n) is 28.5. The van der Waals surface area contributed by atoms with Gasteiger partial charge in [0.15, 0.2) is 0 Å². The number of rotatable bonds is 19. The number of hydrogen-bond donors (Lipinski definition) is 1. The van der Waals surface area contributed by atoms with Crippen LogP contribution >= 0.6 is 0 Å². The molecule has 0 fully saturated rings. The van der Waals surface area contributed by atoms with Gasteiger partial charge in [-0.25, -0.2) is 0 Å². The first-order valence-electron chi connectivity index (χ1n) is 17.0. The highest BCUT2D eigenvalue weighted by Crippen LogP contribution is 2.38. The van der Waals surface area contributed by atoms with Crippen molar-refractivity contribution in [3.8, 4) is 0 Å².